The van der Waals surface area contributed by atoms with Gasteiger partial charge in [-0.25, -0.2) is 0 Å². The predicted molar refractivity (Wildman–Crippen MR) is 101 cm³/mol. The van der Waals surface area contributed by atoms with Gasteiger partial charge in [0.1, 0.15) is 6.17 Å². The molecule has 4 rings (SSSR count). The summed E-state index contributed by atoms with van der Waals surface area (Å²) >= 11 is 6.29. The van der Waals surface area contributed by atoms with Crippen molar-refractivity contribution in [1.82, 2.24) is 19.7 Å². The van der Waals surface area contributed by atoms with E-state index in [0.29, 0.717) is 6.42 Å². The second-order valence-electron chi connectivity index (χ2n) is 7.07. The average molecular weight is 361 g/mol. The number of halogens is 1. The summed E-state index contributed by atoms with van der Waals surface area (Å²) in [6.07, 6.45) is 1.60. The molecule has 1 aromatic heterocycles. The van der Waals surface area contributed by atoms with E-state index in [1.165, 1.54) is 22.2 Å². The van der Waals surface area contributed by atoms with Crippen LogP contribution in [0.5, 0.6) is 0 Å². The van der Waals surface area contributed by atoms with Gasteiger partial charge in [0.15, 0.2) is 0 Å². The summed E-state index contributed by atoms with van der Waals surface area (Å²) in [6.45, 7) is 6.31. The Labute approximate surface area is 153 Å². The Kier molecular flexibility index (Phi) is 4.48. The van der Waals surface area contributed by atoms with Crippen LogP contribution in [0.1, 0.15) is 30.8 Å². The Hall–Kier alpha value is -1.56. The van der Waals surface area contributed by atoms with Gasteiger partial charge in [-0.15, -0.1) is 0 Å². The van der Waals surface area contributed by atoms with Crippen LogP contribution in [0, 0.1) is 0 Å². The fourth-order valence-corrected chi connectivity index (χ4v) is 4.42. The minimum absolute atomic E-state index is 0.0279. The molecule has 1 atom stereocenters. The lowest BCUT2D eigenvalue weighted by molar-refractivity contribution is -0.136. The van der Waals surface area contributed by atoms with Crippen LogP contribution in [0.2, 0.25) is 5.02 Å². The molecule has 134 valence electrons. The number of hydrogen-bond donors (Lipinski definition) is 1. The summed E-state index contributed by atoms with van der Waals surface area (Å²) in [5, 5.41) is 5.49. The maximum absolute atomic E-state index is 12.5. The van der Waals surface area contributed by atoms with Gasteiger partial charge in [-0.05, 0) is 37.2 Å². The van der Waals surface area contributed by atoms with Crippen molar-refractivity contribution in [2.24, 2.45) is 0 Å². The third kappa shape index (κ3) is 2.84. The van der Waals surface area contributed by atoms with Crippen molar-refractivity contribution < 1.29 is 4.79 Å². The van der Waals surface area contributed by atoms with Crippen LogP contribution >= 0.6 is 11.6 Å². The smallest absolute Gasteiger partial charge is 0.224 e. The Morgan fingerprint density at radius 2 is 2.20 bits per heavy atom. The molecule has 2 aromatic rings. The predicted octanol–water partition coefficient (Wildman–Crippen LogP) is 2.62. The Bertz CT molecular complexity index is 815. The molecule has 1 unspecified atom stereocenters. The first-order valence-electron chi connectivity index (χ1n) is 9.10. The largest absolute Gasteiger partial charge is 0.321 e. The summed E-state index contributed by atoms with van der Waals surface area (Å²) in [5.41, 5.74) is 3.91. The zero-order valence-electron chi connectivity index (χ0n) is 14.9. The standard InChI is InChI=1S/C19H25ClN4O/c1-3-19(25)23-9-7-21-11-18(23)24-16-5-4-13(20)10-15(16)14-6-8-22(2)12-17(14)24/h4-5,10,18,21H,3,6-9,11-12H2,1-2H3. The molecule has 3 heterocycles. The van der Waals surface area contributed by atoms with E-state index >= 15 is 0 Å². The zero-order valence-corrected chi connectivity index (χ0v) is 15.6. The van der Waals surface area contributed by atoms with Crippen molar-refractivity contribution in [2.75, 3.05) is 33.2 Å². The van der Waals surface area contributed by atoms with Gasteiger partial charge in [-0.3, -0.25) is 4.79 Å². The number of piperazine rings is 1. The van der Waals surface area contributed by atoms with E-state index in [1.54, 1.807) is 0 Å². The Morgan fingerprint density at radius 3 is 3.00 bits per heavy atom. The minimum atomic E-state index is 0.0279. The summed E-state index contributed by atoms with van der Waals surface area (Å²) in [6, 6.07) is 6.15. The van der Waals surface area contributed by atoms with E-state index in [2.05, 4.69) is 34.0 Å². The van der Waals surface area contributed by atoms with E-state index in [1.807, 2.05) is 17.9 Å². The van der Waals surface area contributed by atoms with E-state index < -0.39 is 0 Å². The average Bonchev–Trinajstić information content (AvgIpc) is 2.93. The first kappa shape index (κ1) is 16.9. The lowest BCUT2D eigenvalue weighted by atomic mass is 10.0. The summed E-state index contributed by atoms with van der Waals surface area (Å²) in [5.74, 6) is 0.222. The van der Waals surface area contributed by atoms with Gasteiger partial charge in [0.2, 0.25) is 5.91 Å². The van der Waals surface area contributed by atoms with Gasteiger partial charge in [0.05, 0.1) is 5.52 Å². The number of nitrogens with one attached hydrogen (secondary N) is 1. The monoisotopic (exact) mass is 360 g/mol. The molecular formula is C19H25ClN4O. The number of aromatic nitrogens is 1. The number of benzene rings is 1. The second kappa shape index (κ2) is 6.63. The third-order valence-corrected chi connectivity index (χ3v) is 5.72. The number of carbonyl (C=O) groups is 1. The topological polar surface area (TPSA) is 40.5 Å². The lowest BCUT2D eigenvalue weighted by Crippen LogP contribution is -2.51. The second-order valence-corrected chi connectivity index (χ2v) is 7.51. The van der Waals surface area contributed by atoms with Crippen LogP contribution in [0.15, 0.2) is 18.2 Å². The maximum atomic E-state index is 12.5. The number of rotatable bonds is 2. The normalized spacial score (nSPS) is 21.6. The molecule has 25 heavy (non-hydrogen) atoms. The molecule has 1 N–H and O–H groups in total. The highest BCUT2D eigenvalue weighted by atomic mass is 35.5. The lowest BCUT2D eigenvalue weighted by Gasteiger charge is -2.39. The molecule has 2 aliphatic rings. The molecule has 2 aliphatic heterocycles. The number of amides is 1. The first-order chi connectivity index (χ1) is 12.1. The number of fused-ring (bicyclic) bond motifs is 3. The highest BCUT2D eigenvalue weighted by Crippen LogP contribution is 2.36. The van der Waals surface area contributed by atoms with Gasteiger partial charge in [0, 0.05) is 55.2 Å². The quantitative estimate of drug-likeness (QED) is 0.895. The summed E-state index contributed by atoms with van der Waals surface area (Å²) < 4.78 is 2.39. The third-order valence-electron chi connectivity index (χ3n) is 5.48. The molecule has 1 fully saturated rings. The van der Waals surface area contributed by atoms with Crippen molar-refractivity contribution in [3.05, 3.63) is 34.5 Å². The molecule has 0 radical (unpaired) electrons. The molecule has 0 saturated carbocycles. The molecule has 6 heteroatoms. The molecule has 0 aliphatic carbocycles. The van der Waals surface area contributed by atoms with Crippen molar-refractivity contribution in [3.8, 4) is 0 Å². The molecule has 0 bridgehead atoms. The van der Waals surface area contributed by atoms with Gasteiger partial charge in [0.25, 0.3) is 0 Å². The molecular weight excluding hydrogens is 336 g/mol. The molecule has 1 aromatic carbocycles. The van der Waals surface area contributed by atoms with Crippen LogP contribution in [-0.2, 0) is 17.8 Å². The molecule has 1 saturated heterocycles. The van der Waals surface area contributed by atoms with Gasteiger partial charge in [-0.1, -0.05) is 18.5 Å². The van der Waals surface area contributed by atoms with Crippen LogP contribution in [0.4, 0.5) is 0 Å². The molecule has 5 nitrogen and oxygen atoms in total. The summed E-state index contributed by atoms with van der Waals surface area (Å²) in [4.78, 5) is 16.9. The maximum Gasteiger partial charge on any atom is 0.224 e. The first-order valence-corrected chi connectivity index (χ1v) is 9.48. The van der Waals surface area contributed by atoms with Gasteiger partial charge in [-0.2, -0.15) is 0 Å². The van der Waals surface area contributed by atoms with Crippen molar-refractivity contribution >= 4 is 28.4 Å². The SMILES string of the molecule is CCC(=O)N1CCNCC1n1c2c(c3cc(Cl)ccc31)CCN(C)C2. The van der Waals surface area contributed by atoms with E-state index in [4.69, 9.17) is 11.6 Å². The van der Waals surface area contributed by atoms with Crippen molar-refractivity contribution in [2.45, 2.75) is 32.5 Å². The van der Waals surface area contributed by atoms with Gasteiger partial charge >= 0.3 is 0 Å². The Balaban J connectivity index is 1.91. The molecule has 1 amide bonds. The Morgan fingerprint density at radius 1 is 1.36 bits per heavy atom. The van der Waals surface area contributed by atoms with E-state index in [0.717, 1.165) is 44.2 Å². The number of nitrogens with zero attached hydrogens (tertiary/aromatic N) is 3. The fourth-order valence-electron chi connectivity index (χ4n) is 4.25. The number of carbonyl (C=O) groups excluding carboxylic acids is 1. The van der Waals surface area contributed by atoms with Gasteiger partial charge < -0.3 is 19.7 Å². The van der Waals surface area contributed by atoms with Crippen LogP contribution in [0.3, 0.4) is 0 Å². The highest BCUT2D eigenvalue weighted by Gasteiger charge is 2.32. The van der Waals surface area contributed by atoms with E-state index in [-0.39, 0.29) is 12.1 Å². The van der Waals surface area contributed by atoms with Crippen LogP contribution < -0.4 is 5.32 Å². The summed E-state index contributed by atoms with van der Waals surface area (Å²) in [7, 11) is 2.16. The number of likely N-dealkylation sites (N-methyl/N-ethyl adjacent to an activating group) is 1. The van der Waals surface area contributed by atoms with E-state index in [9.17, 15) is 4.79 Å². The van der Waals surface area contributed by atoms with Crippen molar-refractivity contribution in [1.29, 1.82) is 0 Å². The zero-order chi connectivity index (χ0) is 17.6. The van der Waals surface area contributed by atoms with Crippen molar-refractivity contribution in [3.63, 3.8) is 0 Å². The minimum Gasteiger partial charge on any atom is -0.321 e. The number of hydrogen-bond acceptors (Lipinski definition) is 3. The van der Waals surface area contributed by atoms with Crippen LogP contribution in [0.25, 0.3) is 10.9 Å². The van der Waals surface area contributed by atoms with Crippen LogP contribution in [-0.4, -0.2) is 53.5 Å². The molecule has 0 spiro atoms. The fraction of sp³-hybridized carbons (Fsp3) is 0.526. The highest BCUT2D eigenvalue weighted by molar-refractivity contribution is 6.31.